The zero-order valence-corrected chi connectivity index (χ0v) is 12.3. The van der Waals surface area contributed by atoms with E-state index in [0.29, 0.717) is 22.7 Å². The van der Waals surface area contributed by atoms with Crippen molar-refractivity contribution in [3.63, 3.8) is 0 Å². The fourth-order valence-electron chi connectivity index (χ4n) is 2.59. The van der Waals surface area contributed by atoms with Crippen molar-refractivity contribution in [3.05, 3.63) is 84.1 Å². The Morgan fingerprint density at radius 2 is 1.57 bits per heavy atom. The molecule has 0 radical (unpaired) electrons. The van der Waals surface area contributed by atoms with Gasteiger partial charge in [0.1, 0.15) is 6.10 Å². The minimum Gasteiger partial charge on any atom is -0.434 e. The SMILES string of the molecule is OC(c1ccccc1)c1ccnc2nc(-c3ccccc3)oc12. The molecule has 2 heterocycles. The van der Waals surface area contributed by atoms with Crippen molar-refractivity contribution < 1.29 is 9.52 Å². The molecule has 0 bridgehead atoms. The summed E-state index contributed by atoms with van der Waals surface area (Å²) in [4.78, 5) is 8.68. The largest absolute Gasteiger partial charge is 0.434 e. The Hall–Kier alpha value is -2.98. The number of aromatic nitrogens is 2. The Bertz CT molecular complexity index is 933. The molecule has 0 saturated heterocycles. The topological polar surface area (TPSA) is 59.2 Å². The van der Waals surface area contributed by atoms with Crippen molar-refractivity contribution in [2.45, 2.75) is 6.10 Å². The van der Waals surface area contributed by atoms with Gasteiger partial charge in [-0.3, -0.25) is 0 Å². The summed E-state index contributed by atoms with van der Waals surface area (Å²) < 4.78 is 5.89. The van der Waals surface area contributed by atoms with Crippen molar-refractivity contribution >= 4 is 11.2 Å². The van der Waals surface area contributed by atoms with Crippen LogP contribution in [0.2, 0.25) is 0 Å². The van der Waals surface area contributed by atoms with Crippen molar-refractivity contribution in [1.82, 2.24) is 9.97 Å². The Morgan fingerprint density at radius 3 is 2.30 bits per heavy atom. The molecule has 1 unspecified atom stereocenters. The average molecular weight is 302 g/mol. The number of oxazole rings is 1. The first kappa shape index (κ1) is 13.7. The van der Waals surface area contributed by atoms with E-state index in [9.17, 15) is 5.11 Å². The highest BCUT2D eigenvalue weighted by Crippen LogP contribution is 2.31. The van der Waals surface area contributed by atoms with Gasteiger partial charge in [0.05, 0.1) is 0 Å². The molecule has 0 aliphatic rings. The van der Waals surface area contributed by atoms with E-state index in [4.69, 9.17) is 4.42 Å². The molecule has 0 aliphatic heterocycles. The highest BCUT2D eigenvalue weighted by atomic mass is 16.4. The first-order chi connectivity index (χ1) is 11.3. The van der Waals surface area contributed by atoms with Gasteiger partial charge in [-0.1, -0.05) is 48.5 Å². The third-order valence-electron chi connectivity index (χ3n) is 3.75. The average Bonchev–Trinajstić information content (AvgIpc) is 3.07. The van der Waals surface area contributed by atoms with Crippen LogP contribution in [0.3, 0.4) is 0 Å². The third-order valence-corrected chi connectivity index (χ3v) is 3.75. The van der Waals surface area contributed by atoms with E-state index in [-0.39, 0.29) is 0 Å². The lowest BCUT2D eigenvalue weighted by molar-refractivity contribution is 0.220. The summed E-state index contributed by atoms with van der Waals surface area (Å²) in [5, 5.41) is 10.7. The van der Waals surface area contributed by atoms with Gasteiger partial charge in [-0.25, -0.2) is 4.98 Å². The molecule has 112 valence electrons. The van der Waals surface area contributed by atoms with Crippen molar-refractivity contribution in [2.24, 2.45) is 0 Å². The molecule has 0 amide bonds. The van der Waals surface area contributed by atoms with Gasteiger partial charge in [-0.05, 0) is 23.8 Å². The second-order valence-electron chi connectivity index (χ2n) is 5.25. The highest BCUT2D eigenvalue weighted by molar-refractivity contribution is 5.76. The van der Waals surface area contributed by atoms with Gasteiger partial charge in [0.15, 0.2) is 11.2 Å². The van der Waals surface area contributed by atoms with E-state index in [1.54, 1.807) is 12.3 Å². The van der Waals surface area contributed by atoms with Gasteiger partial charge in [-0.2, -0.15) is 4.98 Å². The van der Waals surface area contributed by atoms with Crippen LogP contribution >= 0.6 is 0 Å². The fraction of sp³-hybridized carbons (Fsp3) is 0.0526. The minimum absolute atomic E-state index is 0.497. The summed E-state index contributed by atoms with van der Waals surface area (Å²) in [5.74, 6) is 0.501. The summed E-state index contributed by atoms with van der Waals surface area (Å²) in [7, 11) is 0. The number of nitrogens with zero attached hydrogens (tertiary/aromatic N) is 2. The maximum Gasteiger partial charge on any atom is 0.228 e. The number of pyridine rings is 1. The number of aliphatic hydroxyl groups excluding tert-OH is 1. The molecule has 1 N–H and O–H groups in total. The van der Waals surface area contributed by atoms with Crippen molar-refractivity contribution in [1.29, 1.82) is 0 Å². The van der Waals surface area contributed by atoms with Gasteiger partial charge in [0.25, 0.3) is 0 Å². The maximum absolute atomic E-state index is 10.7. The third kappa shape index (κ3) is 2.49. The number of aliphatic hydroxyl groups is 1. The Labute approximate surface area is 133 Å². The van der Waals surface area contributed by atoms with E-state index in [1.165, 1.54) is 0 Å². The molecule has 1 atom stereocenters. The minimum atomic E-state index is -0.779. The van der Waals surface area contributed by atoms with E-state index < -0.39 is 6.10 Å². The number of hydrogen-bond acceptors (Lipinski definition) is 4. The molecule has 2 aromatic heterocycles. The van der Waals surface area contributed by atoms with Crippen LogP contribution in [-0.4, -0.2) is 15.1 Å². The number of benzene rings is 2. The quantitative estimate of drug-likeness (QED) is 0.622. The van der Waals surface area contributed by atoms with Crippen LogP contribution in [0.25, 0.3) is 22.7 Å². The Kier molecular flexibility index (Phi) is 3.37. The van der Waals surface area contributed by atoms with Crippen molar-refractivity contribution in [3.8, 4) is 11.5 Å². The van der Waals surface area contributed by atoms with Gasteiger partial charge >= 0.3 is 0 Å². The zero-order valence-electron chi connectivity index (χ0n) is 12.3. The molecule has 23 heavy (non-hydrogen) atoms. The van der Waals surface area contributed by atoms with Crippen LogP contribution in [0.1, 0.15) is 17.2 Å². The van der Waals surface area contributed by atoms with Crippen LogP contribution in [0.15, 0.2) is 77.3 Å². The maximum atomic E-state index is 10.7. The first-order valence-corrected chi connectivity index (χ1v) is 7.37. The van der Waals surface area contributed by atoms with Gasteiger partial charge in [0.2, 0.25) is 5.89 Å². The van der Waals surface area contributed by atoms with Crippen LogP contribution in [-0.2, 0) is 0 Å². The van der Waals surface area contributed by atoms with Crippen molar-refractivity contribution in [2.75, 3.05) is 0 Å². The van der Waals surface area contributed by atoms with Gasteiger partial charge in [0, 0.05) is 17.3 Å². The van der Waals surface area contributed by atoms with E-state index in [0.717, 1.165) is 11.1 Å². The number of rotatable bonds is 3. The number of fused-ring (bicyclic) bond motifs is 1. The fourth-order valence-corrected chi connectivity index (χ4v) is 2.59. The summed E-state index contributed by atoms with van der Waals surface area (Å²) in [6.07, 6.45) is 0.861. The first-order valence-electron chi connectivity index (χ1n) is 7.37. The van der Waals surface area contributed by atoms with E-state index in [2.05, 4.69) is 9.97 Å². The molecular weight excluding hydrogens is 288 g/mol. The standard InChI is InChI=1S/C19H14N2O2/c22-16(13-7-3-1-4-8-13)15-11-12-20-18-17(15)23-19(21-18)14-9-5-2-6-10-14/h1-12,16,22H. The molecule has 4 rings (SSSR count). The summed E-state index contributed by atoms with van der Waals surface area (Å²) in [6, 6.07) is 20.9. The predicted molar refractivity (Wildman–Crippen MR) is 87.7 cm³/mol. The van der Waals surface area contributed by atoms with E-state index >= 15 is 0 Å². The summed E-state index contributed by atoms with van der Waals surface area (Å²) in [6.45, 7) is 0. The monoisotopic (exact) mass is 302 g/mol. The van der Waals surface area contributed by atoms with Crippen LogP contribution in [0.4, 0.5) is 0 Å². The number of hydrogen-bond donors (Lipinski definition) is 1. The van der Waals surface area contributed by atoms with Crippen LogP contribution in [0.5, 0.6) is 0 Å². The molecule has 0 aliphatic carbocycles. The van der Waals surface area contributed by atoms with Crippen LogP contribution in [0, 0.1) is 0 Å². The lowest BCUT2D eigenvalue weighted by atomic mass is 10.0. The smallest absolute Gasteiger partial charge is 0.228 e. The molecule has 4 nitrogen and oxygen atoms in total. The summed E-state index contributed by atoms with van der Waals surface area (Å²) in [5.41, 5.74) is 3.36. The lowest BCUT2D eigenvalue weighted by Crippen LogP contribution is -2.00. The predicted octanol–water partition coefficient (Wildman–Crippen LogP) is 3.97. The molecule has 4 heteroatoms. The van der Waals surface area contributed by atoms with Gasteiger partial charge < -0.3 is 9.52 Å². The molecule has 0 saturated carbocycles. The lowest BCUT2D eigenvalue weighted by Gasteiger charge is -2.10. The van der Waals surface area contributed by atoms with Crippen LogP contribution < -0.4 is 0 Å². The van der Waals surface area contributed by atoms with E-state index in [1.807, 2.05) is 60.7 Å². The highest BCUT2D eigenvalue weighted by Gasteiger charge is 2.18. The molecule has 2 aromatic carbocycles. The van der Waals surface area contributed by atoms with Gasteiger partial charge in [-0.15, -0.1) is 0 Å². The molecule has 0 spiro atoms. The molecular formula is C19H14N2O2. The molecule has 4 aromatic rings. The summed E-state index contributed by atoms with van der Waals surface area (Å²) >= 11 is 0. The Balaban J connectivity index is 1.84. The normalized spacial score (nSPS) is 12.4. The second-order valence-corrected chi connectivity index (χ2v) is 5.25. The Morgan fingerprint density at radius 1 is 0.870 bits per heavy atom. The zero-order chi connectivity index (χ0) is 15.6. The molecule has 0 fully saturated rings. The second kappa shape index (κ2) is 5.66.